The molecule has 3 amide bonds. The fraction of sp³-hybridized carbons (Fsp3) is 0.103. The number of carbonyl (C=O) groups excluding carboxylic acids is 3. The summed E-state index contributed by atoms with van der Waals surface area (Å²) >= 11 is 0. The standard InChI is InChI=1S/C29H22N6O3/c30-16-20-8-11-23-24(14-20)33-28(37)25(15-21-4-3-12-31-17-21)35(29(23)38)18-19-6-9-22(10-7-19)27(36)34-26-5-1-2-13-32-26/h1-14,17,25H,15,18H2,(H,33,37)(H,32,34,36). The van der Waals surface area contributed by atoms with Crippen molar-refractivity contribution >= 4 is 29.2 Å². The maximum Gasteiger partial charge on any atom is 0.256 e. The third kappa shape index (κ3) is 5.24. The Morgan fingerprint density at radius 2 is 1.84 bits per heavy atom. The number of nitrogens with one attached hydrogen (secondary N) is 2. The molecule has 0 radical (unpaired) electrons. The molecule has 38 heavy (non-hydrogen) atoms. The Kier molecular flexibility index (Phi) is 6.87. The monoisotopic (exact) mass is 502 g/mol. The van der Waals surface area contributed by atoms with Gasteiger partial charge in [0.15, 0.2) is 0 Å². The molecule has 1 aliphatic heterocycles. The van der Waals surface area contributed by atoms with Gasteiger partial charge in [-0.2, -0.15) is 5.26 Å². The predicted octanol–water partition coefficient (Wildman–Crippen LogP) is 3.81. The normalized spacial score (nSPS) is 14.6. The van der Waals surface area contributed by atoms with Gasteiger partial charge in [0.25, 0.3) is 11.8 Å². The van der Waals surface area contributed by atoms with Gasteiger partial charge in [-0.25, -0.2) is 4.98 Å². The number of carbonyl (C=O) groups is 3. The molecule has 1 atom stereocenters. The third-order valence-corrected chi connectivity index (χ3v) is 6.20. The van der Waals surface area contributed by atoms with Gasteiger partial charge in [0, 0.05) is 37.1 Å². The van der Waals surface area contributed by atoms with Gasteiger partial charge in [-0.15, -0.1) is 0 Å². The highest BCUT2D eigenvalue weighted by molar-refractivity contribution is 6.10. The molecule has 4 aromatic rings. The van der Waals surface area contributed by atoms with Gasteiger partial charge in [0.1, 0.15) is 11.9 Å². The average Bonchev–Trinajstić information content (AvgIpc) is 3.04. The predicted molar refractivity (Wildman–Crippen MR) is 140 cm³/mol. The Hall–Kier alpha value is -5.36. The zero-order valence-corrected chi connectivity index (χ0v) is 20.2. The van der Waals surface area contributed by atoms with Gasteiger partial charge in [-0.3, -0.25) is 19.4 Å². The van der Waals surface area contributed by atoms with Gasteiger partial charge in [0.2, 0.25) is 5.91 Å². The largest absolute Gasteiger partial charge is 0.323 e. The molecule has 2 N–H and O–H groups in total. The Balaban J connectivity index is 1.43. The summed E-state index contributed by atoms with van der Waals surface area (Å²) in [6, 6.07) is 21.5. The van der Waals surface area contributed by atoms with Crippen molar-refractivity contribution in [3.05, 3.63) is 119 Å². The molecule has 2 aromatic carbocycles. The van der Waals surface area contributed by atoms with Crippen molar-refractivity contribution in [3.8, 4) is 6.07 Å². The number of rotatable bonds is 6. The summed E-state index contributed by atoms with van der Waals surface area (Å²) in [7, 11) is 0. The number of benzene rings is 2. The number of aromatic nitrogens is 2. The first-order valence-electron chi connectivity index (χ1n) is 11.9. The summed E-state index contributed by atoms with van der Waals surface area (Å²) in [5.41, 5.74) is 2.93. The summed E-state index contributed by atoms with van der Waals surface area (Å²) in [6.07, 6.45) is 5.16. The molecule has 1 unspecified atom stereocenters. The van der Waals surface area contributed by atoms with Crippen molar-refractivity contribution in [2.45, 2.75) is 19.0 Å². The maximum absolute atomic E-state index is 13.7. The highest BCUT2D eigenvalue weighted by Gasteiger charge is 2.35. The molecule has 0 saturated carbocycles. The molecule has 3 heterocycles. The van der Waals surface area contributed by atoms with Crippen molar-refractivity contribution in [1.82, 2.24) is 14.9 Å². The number of nitrogens with zero attached hydrogens (tertiary/aromatic N) is 4. The second-order valence-corrected chi connectivity index (χ2v) is 8.74. The summed E-state index contributed by atoms with van der Waals surface area (Å²) < 4.78 is 0. The quantitative estimate of drug-likeness (QED) is 0.413. The minimum Gasteiger partial charge on any atom is -0.323 e. The van der Waals surface area contributed by atoms with Crippen LogP contribution in [0.3, 0.4) is 0 Å². The lowest BCUT2D eigenvalue weighted by molar-refractivity contribution is -0.120. The van der Waals surface area contributed by atoms with Crippen LogP contribution in [0.5, 0.6) is 0 Å². The van der Waals surface area contributed by atoms with E-state index >= 15 is 0 Å². The van der Waals surface area contributed by atoms with E-state index in [0.717, 1.165) is 11.1 Å². The van der Waals surface area contributed by atoms with Crippen molar-refractivity contribution in [2.75, 3.05) is 10.6 Å². The van der Waals surface area contributed by atoms with Crippen LogP contribution >= 0.6 is 0 Å². The fourth-order valence-electron chi connectivity index (χ4n) is 4.27. The number of hydrogen-bond acceptors (Lipinski definition) is 6. The second kappa shape index (κ2) is 10.7. The maximum atomic E-state index is 13.7. The van der Waals surface area contributed by atoms with Crippen molar-refractivity contribution < 1.29 is 14.4 Å². The lowest BCUT2D eigenvalue weighted by atomic mass is 10.0. The first-order chi connectivity index (χ1) is 18.5. The fourth-order valence-corrected chi connectivity index (χ4v) is 4.27. The van der Waals surface area contributed by atoms with Crippen molar-refractivity contribution in [2.24, 2.45) is 0 Å². The first kappa shape index (κ1) is 24.3. The van der Waals surface area contributed by atoms with E-state index in [2.05, 4.69) is 20.6 Å². The van der Waals surface area contributed by atoms with Crippen LogP contribution in [-0.4, -0.2) is 38.6 Å². The molecular weight excluding hydrogens is 480 g/mol. The van der Waals surface area contributed by atoms with Crippen LogP contribution in [0.15, 0.2) is 91.4 Å². The zero-order chi connectivity index (χ0) is 26.5. The van der Waals surface area contributed by atoms with E-state index in [0.29, 0.717) is 28.2 Å². The number of pyridine rings is 2. The van der Waals surface area contributed by atoms with Gasteiger partial charge in [-0.1, -0.05) is 24.3 Å². The number of amides is 3. The molecule has 0 bridgehead atoms. The van der Waals surface area contributed by atoms with E-state index in [4.69, 9.17) is 0 Å². The lowest BCUT2D eigenvalue weighted by Crippen LogP contribution is -2.46. The Labute approximate surface area is 218 Å². The van der Waals surface area contributed by atoms with Gasteiger partial charge in [0.05, 0.1) is 22.9 Å². The Morgan fingerprint density at radius 3 is 2.55 bits per heavy atom. The molecule has 2 aromatic heterocycles. The van der Waals surface area contributed by atoms with Crippen LogP contribution in [0.1, 0.15) is 37.4 Å². The Bertz CT molecular complexity index is 1530. The van der Waals surface area contributed by atoms with E-state index in [1.165, 1.54) is 11.0 Å². The average molecular weight is 503 g/mol. The highest BCUT2D eigenvalue weighted by Crippen LogP contribution is 2.27. The van der Waals surface area contributed by atoms with Crippen LogP contribution in [0, 0.1) is 11.3 Å². The molecule has 0 spiro atoms. The molecular formula is C29H22N6O3. The van der Waals surface area contributed by atoms with Crippen molar-refractivity contribution in [1.29, 1.82) is 5.26 Å². The second-order valence-electron chi connectivity index (χ2n) is 8.74. The smallest absolute Gasteiger partial charge is 0.256 e. The Morgan fingerprint density at radius 1 is 1.00 bits per heavy atom. The molecule has 9 nitrogen and oxygen atoms in total. The molecule has 186 valence electrons. The number of anilines is 2. The summed E-state index contributed by atoms with van der Waals surface area (Å²) in [6.45, 7) is 0.138. The van der Waals surface area contributed by atoms with Crippen LogP contribution in [0.2, 0.25) is 0 Å². The number of fused-ring (bicyclic) bond motifs is 1. The number of nitriles is 1. The zero-order valence-electron chi connectivity index (χ0n) is 20.2. The molecule has 0 aliphatic carbocycles. The molecule has 0 saturated heterocycles. The molecule has 9 heteroatoms. The van der Waals surface area contributed by atoms with E-state index in [1.807, 2.05) is 12.1 Å². The van der Waals surface area contributed by atoms with Crippen LogP contribution in [-0.2, 0) is 17.8 Å². The minimum atomic E-state index is -0.822. The highest BCUT2D eigenvalue weighted by atomic mass is 16.2. The SMILES string of the molecule is N#Cc1ccc2c(c1)NC(=O)C(Cc1cccnc1)N(Cc1ccc(C(=O)Nc3ccccn3)cc1)C2=O. The van der Waals surface area contributed by atoms with E-state index in [1.54, 1.807) is 79.3 Å². The van der Waals surface area contributed by atoms with Crippen LogP contribution in [0.25, 0.3) is 0 Å². The van der Waals surface area contributed by atoms with Gasteiger partial charge in [-0.05, 0) is 59.7 Å². The molecule has 5 rings (SSSR count). The van der Waals surface area contributed by atoms with E-state index < -0.39 is 6.04 Å². The minimum absolute atomic E-state index is 0.138. The van der Waals surface area contributed by atoms with Gasteiger partial charge < -0.3 is 15.5 Å². The lowest BCUT2D eigenvalue weighted by Gasteiger charge is -2.29. The van der Waals surface area contributed by atoms with E-state index in [-0.39, 0.29) is 30.7 Å². The molecule has 0 fully saturated rings. The van der Waals surface area contributed by atoms with E-state index in [9.17, 15) is 19.6 Å². The third-order valence-electron chi connectivity index (χ3n) is 6.20. The van der Waals surface area contributed by atoms with Crippen LogP contribution in [0.4, 0.5) is 11.5 Å². The first-order valence-corrected chi connectivity index (χ1v) is 11.9. The van der Waals surface area contributed by atoms with Gasteiger partial charge >= 0.3 is 0 Å². The van der Waals surface area contributed by atoms with Crippen LogP contribution < -0.4 is 10.6 Å². The topological polar surface area (TPSA) is 128 Å². The van der Waals surface area contributed by atoms with Crippen molar-refractivity contribution in [3.63, 3.8) is 0 Å². The summed E-state index contributed by atoms with van der Waals surface area (Å²) in [5.74, 6) is -0.563. The summed E-state index contributed by atoms with van der Waals surface area (Å²) in [4.78, 5) is 49.5. The number of hydrogen-bond donors (Lipinski definition) is 2. The molecule has 1 aliphatic rings. The summed E-state index contributed by atoms with van der Waals surface area (Å²) in [5, 5.41) is 14.8.